The van der Waals surface area contributed by atoms with Gasteiger partial charge < -0.3 is 0 Å². The van der Waals surface area contributed by atoms with E-state index >= 15 is 0 Å². The second kappa shape index (κ2) is 4.95. The molecule has 1 rings (SSSR count). The molecular weight excluding hydrogens is 172 g/mol. The molecule has 1 saturated carbocycles. The van der Waals surface area contributed by atoms with Crippen molar-refractivity contribution in [3.63, 3.8) is 0 Å². The maximum Gasteiger partial charge on any atom is 0.138 e. The van der Waals surface area contributed by atoms with Gasteiger partial charge in [0, 0.05) is 11.8 Å². The highest BCUT2D eigenvalue weighted by molar-refractivity contribution is 5.83. The van der Waals surface area contributed by atoms with E-state index < -0.39 is 0 Å². The molecule has 0 amide bonds. The summed E-state index contributed by atoms with van der Waals surface area (Å²) in [6.45, 7) is 6.06. The van der Waals surface area contributed by atoms with Crippen molar-refractivity contribution in [2.24, 2.45) is 11.3 Å². The summed E-state index contributed by atoms with van der Waals surface area (Å²) in [5.41, 5.74) is -0.129. The summed E-state index contributed by atoms with van der Waals surface area (Å²) in [6.07, 6.45) is 8.83. The van der Waals surface area contributed by atoms with Crippen LogP contribution in [0.3, 0.4) is 0 Å². The molecule has 1 aliphatic rings. The molecule has 0 aliphatic heterocycles. The van der Waals surface area contributed by atoms with Crippen LogP contribution in [0.15, 0.2) is 0 Å². The Hall–Kier alpha value is -0.330. The summed E-state index contributed by atoms with van der Waals surface area (Å²) in [6, 6.07) is 0. The number of carbonyl (C=O) groups excluding carboxylic acids is 1. The Morgan fingerprint density at radius 2 is 1.79 bits per heavy atom. The van der Waals surface area contributed by atoms with Crippen LogP contribution >= 0.6 is 0 Å². The molecule has 0 radical (unpaired) electrons. The van der Waals surface area contributed by atoms with Crippen molar-refractivity contribution in [1.29, 1.82) is 0 Å². The van der Waals surface area contributed by atoms with Gasteiger partial charge in [-0.3, -0.25) is 4.79 Å². The van der Waals surface area contributed by atoms with Gasteiger partial charge in [-0.2, -0.15) is 0 Å². The van der Waals surface area contributed by atoms with Crippen molar-refractivity contribution in [2.45, 2.75) is 65.7 Å². The van der Waals surface area contributed by atoms with Crippen molar-refractivity contribution >= 4 is 5.78 Å². The summed E-state index contributed by atoms with van der Waals surface area (Å²) in [4.78, 5) is 11.6. The third-order valence-electron chi connectivity index (χ3n) is 3.33. The highest BCUT2D eigenvalue weighted by atomic mass is 16.1. The molecule has 0 atom stereocenters. The second-order valence-corrected chi connectivity index (χ2v) is 5.72. The lowest BCUT2D eigenvalue weighted by atomic mass is 9.87. The fraction of sp³-hybridized carbons (Fsp3) is 0.923. The van der Waals surface area contributed by atoms with E-state index in [0.717, 1.165) is 18.8 Å². The van der Waals surface area contributed by atoms with Gasteiger partial charge in [-0.15, -0.1) is 0 Å². The van der Waals surface area contributed by atoms with E-state index in [9.17, 15) is 4.79 Å². The third-order valence-corrected chi connectivity index (χ3v) is 3.33. The van der Waals surface area contributed by atoms with E-state index in [1.54, 1.807) is 0 Å². The Bertz CT molecular complexity index is 182. The number of hydrogen-bond donors (Lipinski definition) is 0. The first-order valence-electron chi connectivity index (χ1n) is 6.03. The van der Waals surface area contributed by atoms with Crippen LogP contribution in [0.1, 0.15) is 65.7 Å². The summed E-state index contributed by atoms with van der Waals surface area (Å²) < 4.78 is 0. The van der Waals surface area contributed by atoms with Crippen molar-refractivity contribution in [2.75, 3.05) is 0 Å². The van der Waals surface area contributed by atoms with Crippen molar-refractivity contribution < 1.29 is 4.79 Å². The zero-order valence-electron chi connectivity index (χ0n) is 9.94. The van der Waals surface area contributed by atoms with Crippen LogP contribution in [0.4, 0.5) is 0 Å². The van der Waals surface area contributed by atoms with E-state index in [-0.39, 0.29) is 5.41 Å². The molecule has 1 heteroatoms. The predicted molar refractivity (Wildman–Crippen MR) is 60.3 cm³/mol. The molecule has 0 saturated heterocycles. The van der Waals surface area contributed by atoms with Crippen LogP contribution in [0, 0.1) is 11.3 Å². The third kappa shape index (κ3) is 3.81. The highest BCUT2D eigenvalue weighted by Gasteiger charge is 2.21. The number of rotatable bonds is 4. The lowest BCUT2D eigenvalue weighted by molar-refractivity contribution is -0.126. The van der Waals surface area contributed by atoms with Gasteiger partial charge in [0.05, 0.1) is 0 Å². The lowest BCUT2D eigenvalue weighted by Crippen LogP contribution is -2.19. The SMILES string of the molecule is CC(C)(C)C(=O)CCCC1CCCC1. The first-order valence-corrected chi connectivity index (χ1v) is 6.03. The van der Waals surface area contributed by atoms with Crippen molar-refractivity contribution in [3.05, 3.63) is 0 Å². The van der Waals surface area contributed by atoms with Gasteiger partial charge in [-0.05, 0) is 12.3 Å². The van der Waals surface area contributed by atoms with Gasteiger partial charge in [0.15, 0.2) is 0 Å². The van der Waals surface area contributed by atoms with Crippen LogP contribution in [0.2, 0.25) is 0 Å². The minimum atomic E-state index is -0.129. The van der Waals surface area contributed by atoms with Crippen LogP contribution in [-0.2, 0) is 4.79 Å². The molecule has 0 heterocycles. The summed E-state index contributed by atoms with van der Waals surface area (Å²) in [5.74, 6) is 1.36. The first-order chi connectivity index (χ1) is 6.50. The smallest absolute Gasteiger partial charge is 0.138 e. The average Bonchev–Trinajstić information content (AvgIpc) is 2.55. The molecule has 0 unspecified atom stereocenters. The van der Waals surface area contributed by atoms with E-state index in [4.69, 9.17) is 0 Å². The fourth-order valence-corrected chi connectivity index (χ4v) is 2.23. The molecular formula is C13H24O. The summed E-state index contributed by atoms with van der Waals surface area (Å²) in [5, 5.41) is 0. The number of carbonyl (C=O) groups is 1. The molecule has 1 aliphatic carbocycles. The van der Waals surface area contributed by atoms with E-state index in [1.165, 1.54) is 32.1 Å². The Kier molecular flexibility index (Phi) is 4.15. The zero-order valence-corrected chi connectivity index (χ0v) is 9.94. The molecule has 1 nitrogen and oxygen atoms in total. The fourth-order valence-electron chi connectivity index (χ4n) is 2.23. The van der Waals surface area contributed by atoms with Crippen molar-refractivity contribution in [1.82, 2.24) is 0 Å². The van der Waals surface area contributed by atoms with E-state index in [0.29, 0.717) is 5.78 Å². The predicted octanol–water partition coefficient (Wildman–Crippen LogP) is 3.96. The normalized spacial score (nSPS) is 18.8. The number of Topliss-reactive ketones (excluding diaryl/α,β-unsaturated/α-hetero) is 1. The van der Waals surface area contributed by atoms with Gasteiger partial charge in [-0.25, -0.2) is 0 Å². The maximum absolute atomic E-state index is 11.6. The average molecular weight is 196 g/mol. The minimum absolute atomic E-state index is 0.129. The molecule has 14 heavy (non-hydrogen) atoms. The maximum atomic E-state index is 11.6. The largest absolute Gasteiger partial charge is 0.299 e. The molecule has 0 spiro atoms. The summed E-state index contributed by atoms with van der Waals surface area (Å²) >= 11 is 0. The zero-order chi connectivity index (χ0) is 10.6. The summed E-state index contributed by atoms with van der Waals surface area (Å²) in [7, 11) is 0. The van der Waals surface area contributed by atoms with Gasteiger partial charge in [0.25, 0.3) is 0 Å². The second-order valence-electron chi connectivity index (χ2n) is 5.72. The molecule has 0 bridgehead atoms. The number of hydrogen-bond acceptors (Lipinski definition) is 1. The molecule has 82 valence electrons. The minimum Gasteiger partial charge on any atom is -0.299 e. The molecule has 0 aromatic heterocycles. The molecule has 1 fully saturated rings. The van der Waals surface area contributed by atoms with E-state index in [1.807, 2.05) is 20.8 Å². The Labute approximate surface area is 88.3 Å². The van der Waals surface area contributed by atoms with Crippen LogP contribution in [0.5, 0.6) is 0 Å². The topological polar surface area (TPSA) is 17.1 Å². The van der Waals surface area contributed by atoms with Gasteiger partial charge >= 0.3 is 0 Å². The standard InChI is InChI=1S/C13H24O/c1-13(2,3)12(14)10-6-9-11-7-4-5-8-11/h11H,4-10H2,1-3H3. The quantitative estimate of drug-likeness (QED) is 0.665. The first kappa shape index (κ1) is 11.7. The van der Waals surface area contributed by atoms with Gasteiger partial charge in [-0.1, -0.05) is 52.9 Å². The molecule has 0 N–H and O–H groups in total. The van der Waals surface area contributed by atoms with Gasteiger partial charge in [0.2, 0.25) is 0 Å². The number of ketones is 1. The Morgan fingerprint density at radius 3 is 2.29 bits per heavy atom. The Morgan fingerprint density at radius 1 is 1.21 bits per heavy atom. The van der Waals surface area contributed by atoms with Crippen molar-refractivity contribution in [3.8, 4) is 0 Å². The highest BCUT2D eigenvalue weighted by Crippen LogP contribution is 2.29. The van der Waals surface area contributed by atoms with Gasteiger partial charge in [0.1, 0.15) is 5.78 Å². The monoisotopic (exact) mass is 196 g/mol. The van der Waals surface area contributed by atoms with Crippen LogP contribution < -0.4 is 0 Å². The molecule has 0 aromatic rings. The Balaban J connectivity index is 2.11. The lowest BCUT2D eigenvalue weighted by Gasteiger charge is -2.17. The molecule has 0 aromatic carbocycles. The van der Waals surface area contributed by atoms with Crippen LogP contribution in [0.25, 0.3) is 0 Å². The van der Waals surface area contributed by atoms with Crippen LogP contribution in [-0.4, -0.2) is 5.78 Å². The van der Waals surface area contributed by atoms with E-state index in [2.05, 4.69) is 0 Å².